The molecule has 2 atom stereocenters. The van der Waals surface area contributed by atoms with Crippen molar-refractivity contribution in [3.8, 4) is 5.75 Å². The van der Waals surface area contributed by atoms with E-state index >= 15 is 0 Å². The molecule has 2 aromatic rings. The summed E-state index contributed by atoms with van der Waals surface area (Å²) in [4.78, 5) is 39.0. The Bertz CT molecular complexity index is 939. The summed E-state index contributed by atoms with van der Waals surface area (Å²) < 4.78 is 5.15. The molecule has 0 unspecified atom stereocenters. The van der Waals surface area contributed by atoms with Gasteiger partial charge in [0.1, 0.15) is 5.75 Å². The van der Waals surface area contributed by atoms with E-state index in [4.69, 9.17) is 4.74 Å². The number of carbonyl (C=O) groups excluding carboxylic acids is 3. The molecule has 1 saturated heterocycles. The lowest BCUT2D eigenvalue weighted by atomic mass is 9.85. The van der Waals surface area contributed by atoms with Gasteiger partial charge in [-0.3, -0.25) is 19.3 Å². The van der Waals surface area contributed by atoms with Crippen molar-refractivity contribution in [1.29, 1.82) is 0 Å². The molecule has 1 heterocycles. The Balaban J connectivity index is 1.50. The Morgan fingerprint density at radius 1 is 1.00 bits per heavy atom. The Kier molecular flexibility index (Phi) is 4.69. The third-order valence-electron chi connectivity index (χ3n) is 5.22. The SMILES string of the molecule is COc1cccc(NC(=O)c2ccc(N3C(=O)[C@H]4CC=CC[C@H]4C3=O)cc2)c1. The zero-order valence-electron chi connectivity index (χ0n) is 15.4. The van der Waals surface area contributed by atoms with Crippen molar-refractivity contribution in [3.63, 3.8) is 0 Å². The molecule has 142 valence electrons. The van der Waals surface area contributed by atoms with Crippen LogP contribution in [0.25, 0.3) is 0 Å². The standard InChI is InChI=1S/C22H20N2O4/c1-28-17-6-4-5-15(13-17)23-20(25)14-9-11-16(12-10-14)24-21(26)18-7-2-3-8-19(18)22(24)27/h2-6,9-13,18-19H,7-8H2,1H3,(H,23,25)/t18-,19+. The molecule has 0 bridgehead atoms. The zero-order valence-corrected chi connectivity index (χ0v) is 15.4. The predicted molar refractivity (Wildman–Crippen MR) is 105 cm³/mol. The number of rotatable bonds is 4. The van der Waals surface area contributed by atoms with Crippen LogP contribution in [0.2, 0.25) is 0 Å². The fourth-order valence-corrected chi connectivity index (χ4v) is 3.72. The van der Waals surface area contributed by atoms with Gasteiger partial charge in [0.05, 0.1) is 24.6 Å². The number of nitrogens with zero attached hydrogens (tertiary/aromatic N) is 1. The predicted octanol–water partition coefficient (Wildman–Crippen LogP) is 3.40. The Hall–Kier alpha value is -3.41. The number of hydrogen-bond donors (Lipinski definition) is 1. The second-order valence-electron chi connectivity index (χ2n) is 6.90. The first-order chi connectivity index (χ1) is 13.6. The molecule has 2 aromatic carbocycles. The fraction of sp³-hybridized carbons (Fsp3) is 0.227. The van der Waals surface area contributed by atoms with Gasteiger partial charge in [-0.05, 0) is 49.2 Å². The van der Waals surface area contributed by atoms with E-state index in [1.165, 1.54) is 4.90 Å². The van der Waals surface area contributed by atoms with Crippen molar-refractivity contribution < 1.29 is 19.1 Å². The second-order valence-corrected chi connectivity index (χ2v) is 6.90. The first kappa shape index (κ1) is 18.0. The van der Waals surface area contributed by atoms with E-state index in [0.29, 0.717) is 35.5 Å². The normalized spacial score (nSPS) is 20.8. The van der Waals surface area contributed by atoms with E-state index in [2.05, 4.69) is 5.32 Å². The molecule has 0 radical (unpaired) electrons. The van der Waals surface area contributed by atoms with Gasteiger partial charge in [0.15, 0.2) is 0 Å². The topological polar surface area (TPSA) is 75.7 Å². The van der Waals surface area contributed by atoms with Crippen molar-refractivity contribution in [2.45, 2.75) is 12.8 Å². The highest BCUT2D eigenvalue weighted by atomic mass is 16.5. The van der Waals surface area contributed by atoms with Crippen LogP contribution in [0, 0.1) is 11.8 Å². The number of ether oxygens (including phenoxy) is 1. The highest BCUT2D eigenvalue weighted by Crippen LogP contribution is 2.37. The van der Waals surface area contributed by atoms with Gasteiger partial charge in [-0.1, -0.05) is 18.2 Å². The first-order valence-electron chi connectivity index (χ1n) is 9.17. The van der Waals surface area contributed by atoms with Crippen LogP contribution in [0.4, 0.5) is 11.4 Å². The highest BCUT2D eigenvalue weighted by molar-refractivity contribution is 6.22. The molecule has 28 heavy (non-hydrogen) atoms. The lowest BCUT2D eigenvalue weighted by Gasteiger charge is -2.15. The Morgan fingerprint density at radius 2 is 1.64 bits per heavy atom. The maximum Gasteiger partial charge on any atom is 0.255 e. The van der Waals surface area contributed by atoms with Gasteiger partial charge in [-0.25, -0.2) is 0 Å². The van der Waals surface area contributed by atoms with Crippen molar-refractivity contribution in [2.24, 2.45) is 11.8 Å². The van der Waals surface area contributed by atoms with Gasteiger partial charge >= 0.3 is 0 Å². The van der Waals surface area contributed by atoms with E-state index in [1.54, 1.807) is 55.6 Å². The highest BCUT2D eigenvalue weighted by Gasteiger charge is 2.47. The number of benzene rings is 2. The molecule has 6 nitrogen and oxygen atoms in total. The van der Waals surface area contributed by atoms with Crippen molar-refractivity contribution >= 4 is 29.1 Å². The van der Waals surface area contributed by atoms with Crippen LogP contribution in [0.15, 0.2) is 60.7 Å². The minimum Gasteiger partial charge on any atom is -0.497 e. The summed E-state index contributed by atoms with van der Waals surface area (Å²) in [6.45, 7) is 0. The molecule has 3 amide bonds. The van der Waals surface area contributed by atoms with Crippen LogP contribution < -0.4 is 15.0 Å². The van der Waals surface area contributed by atoms with Crippen LogP contribution in [-0.4, -0.2) is 24.8 Å². The van der Waals surface area contributed by atoms with Crippen LogP contribution in [0.3, 0.4) is 0 Å². The van der Waals surface area contributed by atoms with Crippen molar-refractivity contribution in [3.05, 3.63) is 66.2 Å². The Labute approximate surface area is 162 Å². The number of anilines is 2. The molecule has 2 aliphatic rings. The van der Waals surface area contributed by atoms with Gasteiger partial charge in [-0.15, -0.1) is 0 Å². The number of hydrogen-bond acceptors (Lipinski definition) is 4. The molecule has 0 saturated carbocycles. The van der Waals surface area contributed by atoms with Crippen LogP contribution in [0.1, 0.15) is 23.2 Å². The number of nitrogens with one attached hydrogen (secondary N) is 1. The van der Waals surface area contributed by atoms with E-state index in [0.717, 1.165) is 0 Å². The summed E-state index contributed by atoms with van der Waals surface area (Å²) in [5, 5.41) is 2.81. The molecular formula is C22H20N2O4. The average molecular weight is 376 g/mol. The molecule has 0 aromatic heterocycles. The largest absolute Gasteiger partial charge is 0.497 e. The quantitative estimate of drug-likeness (QED) is 0.655. The van der Waals surface area contributed by atoms with E-state index < -0.39 is 0 Å². The lowest BCUT2D eigenvalue weighted by Crippen LogP contribution is -2.30. The molecule has 1 fully saturated rings. The minimum atomic E-state index is -0.281. The molecular weight excluding hydrogens is 356 g/mol. The van der Waals surface area contributed by atoms with Crippen molar-refractivity contribution in [2.75, 3.05) is 17.3 Å². The van der Waals surface area contributed by atoms with Gasteiger partial charge in [0.25, 0.3) is 5.91 Å². The van der Waals surface area contributed by atoms with Crippen molar-refractivity contribution in [1.82, 2.24) is 0 Å². The zero-order chi connectivity index (χ0) is 19.7. The van der Waals surface area contributed by atoms with Gasteiger partial charge < -0.3 is 10.1 Å². The summed E-state index contributed by atoms with van der Waals surface area (Å²) in [6.07, 6.45) is 5.13. The summed E-state index contributed by atoms with van der Waals surface area (Å²) in [6, 6.07) is 13.6. The number of allylic oxidation sites excluding steroid dienone is 2. The van der Waals surface area contributed by atoms with E-state index in [-0.39, 0.29) is 29.6 Å². The lowest BCUT2D eigenvalue weighted by molar-refractivity contribution is -0.122. The molecule has 1 N–H and O–H groups in total. The first-order valence-corrected chi connectivity index (χ1v) is 9.17. The number of imide groups is 1. The molecule has 4 rings (SSSR count). The Morgan fingerprint density at radius 3 is 2.25 bits per heavy atom. The maximum absolute atomic E-state index is 12.7. The van der Waals surface area contributed by atoms with Crippen LogP contribution in [0.5, 0.6) is 5.75 Å². The smallest absolute Gasteiger partial charge is 0.255 e. The molecule has 1 aliphatic heterocycles. The van der Waals surface area contributed by atoms with Crippen LogP contribution in [-0.2, 0) is 9.59 Å². The van der Waals surface area contributed by atoms with E-state index in [1.807, 2.05) is 12.2 Å². The molecule has 0 spiro atoms. The van der Waals surface area contributed by atoms with Gasteiger partial charge in [0, 0.05) is 17.3 Å². The third kappa shape index (κ3) is 3.17. The molecule has 6 heteroatoms. The maximum atomic E-state index is 12.7. The summed E-state index contributed by atoms with van der Waals surface area (Å²) in [5.74, 6) is -0.491. The summed E-state index contributed by atoms with van der Waals surface area (Å²) in [7, 11) is 1.56. The average Bonchev–Trinajstić information content (AvgIpc) is 2.99. The fourth-order valence-electron chi connectivity index (χ4n) is 3.72. The van der Waals surface area contributed by atoms with Gasteiger partial charge in [0.2, 0.25) is 11.8 Å². The summed E-state index contributed by atoms with van der Waals surface area (Å²) in [5.41, 5.74) is 1.56. The number of fused-ring (bicyclic) bond motifs is 1. The monoisotopic (exact) mass is 376 g/mol. The second kappa shape index (κ2) is 7.31. The van der Waals surface area contributed by atoms with Crippen LogP contribution >= 0.6 is 0 Å². The molecule has 1 aliphatic carbocycles. The third-order valence-corrected chi connectivity index (χ3v) is 5.22. The number of methoxy groups -OCH3 is 1. The summed E-state index contributed by atoms with van der Waals surface area (Å²) >= 11 is 0. The number of carbonyl (C=O) groups is 3. The van der Waals surface area contributed by atoms with Gasteiger partial charge in [-0.2, -0.15) is 0 Å². The number of amides is 3. The van der Waals surface area contributed by atoms with E-state index in [9.17, 15) is 14.4 Å². The minimum absolute atomic E-state index is 0.159.